The maximum Gasteiger partial charge on any atom is 0.203 e. The molecule has 41 heavy (non-hydrogen) atoms. The monoisotopic (exact) mass is 559 g/mol. The lowest BCUT2D eigenvalue weighted by Crippen LogP contribution is -2.26. The molecule has 0 atom stereocenters. The SMILES string of the molecule is COc1ccc(Cn2cc3nc(-c4c(F)cccc4F)cc(Nc4ccc(NC(C)(C)C)cn4)c3c2O)c(OC)c1. The summed E-state index contributed by atoms with van der Waals surface area (Å²) < 4.78 is 42.0. The van der Waals surface area contributed by atoms with Crippen molar-refractivity contribution < 1.29 is 23.4 Å². The number of ether oxygens (including phenoxy) is 2. The zero-order valence-electron chi connectivity index (χ0n) is 23.4. The predicted octanol–water partition coefficient (Wildman–Crippen LogP) is 7.10. The van der Waals surface area contributed by atoms with Gasteiger partial charge in [0.25, 0.3) is 0 Å². The Hall–Kier alpha value is -4.86. The van der Waals surface area contributed by atoms with Crippen LogP contribution in [0.4, 0.5) is 26.0 Å². The van der Waals surface area contributed by atoms with Gasteiger partial charge in [-0.25, -0.2) is 18.7 Å². The van der Waals surface area contributed by atoms with Gasteiger partial charge in [0.1, 0.15) is 29.0 Å². The average molecular weight is 560 g/mol. The van der Waals surface area contributed by atoms with Crippen LogP contribution in [0, 0.1) is 11.6 Å². The number of hydrogen-bond donors (Lipinski definition) is 3. The fourth-order valence-corrected chi connectivity index (χ4v) is 4.61. The molecule has 0 saturated heterocycles. The number of nitrogens with zero attached hydrogens (tertiary/aromatic N) is 3. The molecular formula is C31H31F2N5O3. The summed E-state index contributed by atoms with van der Waals surface area (Å²) in [6.45, 7) is 6.38. The van der Waals surface area contributed by atoms with E-state index in [1.54, 1.807) is 49.4 Å². The van der Waals surface area contributed by atoms with Crippen LogP contribution in [0.3, 0.4) is 0 Å². The fourth-order valence-electron chi connectivity index (χ4n) is 4.61. The number of hydrogen-bond acceptors (Lipinski definition) is 7. The van der Waals surface area contributed by atoms with Crippen molar-refractivity contribution in [2.45, 2.75) is 32.9 Å². The first-order valence-electron chi connectivity index (χ1n) is 13.0. The van der Waals surface area contributed by atoms with Gasteiger partial charge >= 0.3 is 0 Å². The number of pyridine rings is 2. The topological polar surface area (TPSA) is 93.5 Å². The Labute approximate surface area is 236 Å². The molecule has 0 aliphatic rings. The highest BCUT2D eigenvalue weighted by atomic mass is 19.1. The number of aromatic hydroxyl groups is 1. The van der Waals surface area contributed by atoms with Gasteiger partial charge in [-0.05, 0) is 63.2 Å². The second-order valence-electron chi connectivity index (χ2n) is 10.6. The number of benzene rings is 2. The van der Waals surface area contributed by atoms with Gasteiger partial charge in [0, 0.05) is 23.4 Å². The highest BCUT2D eigenvalue weighted by Gasteiger charge is 2.21. The summed E-state index contributed by atoms with van der Waals surface area (Å²) in [7, 11) is 3.12. The molecule has 3 N–H and O–H groups in total. The summed E-state index contributed by atoms with van der Waals surface area (Å²) in [5.74, 6) is 0.110. The Morgan fingerprint density at radius 2 is 1.73 bits per heavy atom. The molecule has 0 spiro atoms. The van der Waals surface area contributed by atoms with Gasteiger partial charge in [0.05, 0.1) is 60.5 Å². The summed E-state index contributed by atoms with van der Waals surface area (Å²) in [6.07, 6.45) is 3.32. The van der Waals surface area contributed by atoms with E-state index in [2.05, 4.69) is 20.6 Å². The molecule has 0 amide bonds. The van der Waals surface area contributed by atoms with Gasteiger partial charge in [0.2, 0.25) is 5.88 Å². The lowest BCUT2D eigenvalue weighted by molar-refractivity contribution is 0.387. The lowest BCUT2D eigenvalue weighted by atomic mass is 10.1. The van der Waals surface area contributed by atoms with Crippen LogP contribution in [-0.2, 0) is 6.54 Å². The first-order valence-corrected chi connectivity index (χ1v) is 13.0. The fraction of sp³-hybridized carbons (Fsp3) is 0.226. The summed E-state index contributed by atoms with van der Waals surface area (Å²) in [6, 6.07) is 14.2. The molecular weight excluding hydrogens is 528 g/mol. The highest BCUT2D eigenvalue weighted by molar-refractivity contribution is 5.99. The first-order chi connectivity index (χ1) is 19.6. The Kier molecular flexibility index (Phi) is 7.40. The maximum absolute atomic E-state index is 14.8. The van der Waals surface area contributed by atoms with Gasteiger partial charge in [-0.3, -0.25) is 0 Å². The van der Waals surface area contributed by atoms with Gasteiger partial charge in [-0.2, -0.15) is 0 Å². The number of anilines is 3. The Morgan fingerprint density at radius 3 is 2.37 bits per heavy atom. The van der Waals surface area contributed by atoms with Crippen molar-refractivity contribution in [3.8, 4) is 28.6 Å². The van der Waals surface area contributed by atoms with E-state index >= 15 is 0 Å². The highest BCUT2D eigenvalue weighted by Crippen LogP contribution is 2.39. The van der Waals surface area contributed by atoms with Crippen LogP contribution in [0.5, 0.6) is 17.4 Å². The van der Waals surface area contributed by atoms with E-state index in [1.807, 2.05) is 32.9 Å². The van der Waals surface area contributed by atoms with Gasteiger partial charge in [0.15, 0.2) is 0 Å². The number of rotatable bonds is 8. The second kappa shape index (κ2) is 11.0. The van der Waals surface area contributed by atoms with E-state index in [0.29, 0.717) is 33.9 Å². The van der Waals surface area contributed by atoms with Gasteiger partial charge in [-0.1, -0.05) is 6.07 Å². The Balaban J connectivity index is 1.61. The lowest BCUT2D eigenvalue weighted by Gasteiger charge is -2.22. The maximum atomic E-state index is 14.8. The molecule has 0 radical (unpaired) electrons. The van der Waals surface area contributed by atoms with E-state index < -0.39 is 11.6 Å². The zero-order valence-corrected chi connectivity index (χ0v) is 23.4. The van der Waals surface area contributed by atoms with Crippen LogP contribution in [0.1, 0.15) is 26.3 Å². The van der Waals surface area contributed by atoms with Crippen LogP contribution in [0.2, 0.25) is 0 Å². The molecule has 0 bridgehead atoms. The summed E-state index contributed by atoms with van der Waals surface area (Å²) in [5.41, 5.74) is 1.99. The standard InChI is InChI=1S/C31H31F2N5O3/c1-31(2,3)37-19-10-12-27(34-15-19)36-24-14-23(28-21(32)7-6-8-22(28)33)35-25-17-38(30(39)29(24)25)16-18-9-11-20(40-4)13-26(18)41-5/h6-15,17,37,39H,16H2,1-5H3,(H,34,36). The van der Waals surface area contributed by atoms with Crippen molar-refractivity contribution in [3.05, 3.63) is 84.2 Å². The average Bonchev–Trinajstić information content (AvgIpc) is 3.24. The van der Waals surface area contributed by atoms with Crippen LogP contribution in [-0.4, -0.2) is 39.4 Å². The van der Waals surface area contributed by atoms with E-state index in [1.165, 1.54) is 24.3 Å². The number of methoxy groups -OCH3 is 2. The molecule has 0 aliphatic carbocycles. The van der Waals surface area contributed by atoms with Crippen molar-refractivity contribution in [1.29, 1.82) is 0 Å². The van der Waals surface area contributed by atoms with Gasteiger partial charge < -0.3 is 29.8 Å². The normalized spacial score (nSPS) is 11.5. The first kappa shape index (κ1) is 27.7. The number of aromatic nitrogens is 3. The summed E-state index contributed by atoms with van der Waals surface area (Å²) in [5, 5.41) is 18.3. The van der Waals surface area contributed by atoms with Crippen LogP contribution < -0.4 is 20.1 Å². The Bertz CT molecular complexity index is 1690. The Morgan fingerprint density at radius 1 is 0.976 bits per heavy atom. The number of halogens is 2. The molecule has 0 fully saturated rings. The molecule has 0 aliphatic heterocycles. The van der Waals surface area contributed by atoms with Crippen molar-refractivity contribution in [2.75, 3.05) is 24.9 Å². The third-order valence-corrected chi connectivity index (χ3v) is 6.42. The second-order valence-corrected chi connectivity index (χ2v) is 10.6. The number of fused-ring (bicyclic) bond motifs is 1. The quantitative estimate of drug-likeness (QED) is 0.187. The molecule has 0 unspecified atom stereocenters. The van der Waals surface area contributed by atoms with Crippen molar-refractivity contribution in [1.82, 2.24) is 14.5 Å². The summed E-state index contributed by atoms with van der Waals surface area (Å²) >= 11 is 0. The largest absolute Gasteiger partial charge is 0.497 e. The predicted molar refractivity (Wildman–Crippen MR) is 156 cm³/mol. The smallest absolute Gasteiger partial charge is 0.203 e. The minimum Gasteiger partial charge on any atom is -0.497 e. The molecule has 0 saturated carbocycles. The van der Waals surface area contributed by atoms with Crippen LogP contribution in [0.25, 0.3) is 22.2 Å². The molecule has 8 nitrogen and oxygen atoms in total. The van der Waals surface area contributed by atoms with Crippen LogP contribution in [0.15, 0.2) is 67.0 Å². The van der Waals surface area contributed by atoms with Gasteiger partial charge in [-0.15, -0.1) is 0 Å². The molecule has 212 valence electrons. The van der Waals surface area contributed by atoms with Crippen LogP contribution >= 0.6 is 0 Å². The number of nitrogens with one attached hydrogen (secondary N) is 2. The molecule has 10 heteroatoms. The van der Waals surface area contributed by atoms with E-state index in [-0.39, 0.29) is 29.2 Å². The molecule has 3 aromatic heterocycles. The molecule has 2 aromatic carbocycles. The summed E-state index contributed by atoms with van der Waals surface area (Å²) in [4.78, 5) is 9.02. The zero-order chi connectivity index (χ0) is 29.3. The third kappa shape index (κ3) is 5.86. The van der Waals surface area contributed by atoms with Crippen molar-refractivity contribution in [3.63, 3.8) is 0 Å². The third-order valence-electron chi connectivity index (χ3n) is 6.42. The molecule has 3 heterocycles. The molecule has 5 aromatic rings. The van der Waals surface area contributed by atoms with E-state index in [9.17, 15) is 13.9 Å². The minimum absolute atomic E-state index is 0.0702. The van der Waals surface area contributed by atoms with Crippen molar-refractivity contribution >= 4 is 28.1 Å². The molecule has 5 rings (SSSR count). The van der Waals surface area contributed by atoms with E-state index in [4.69, 9.17) is 9.47 Å². The minimum atomic E-state index is -0.745. The van der Waals surface area contributed by atoms with E-state index in [0.717, 1.165) is 11.3 Å². The van der Waals surface area contributed by atoms with Crippen molar-refractivity contribution in [2.24, 2.45) is 0 Å².